The number of nitrogen functional groups attached to an aromatic ring is 1. The number of ether oxygens (including phenoxy) is 2. The van der Waals surface area contributed by atoms with E-state index in [1.54, 1.807) is 0 Å². The second-order valence-electron chi connectivity index (χ2n) is 8.69. The predicted octanol–water partition coefficient (Wildman–Crippen LogP) is 2.78. The van der Waals surface area contributed by atoms with E-state index < -0.39 is 47.2 Å². The molecule has 4 rings (SSSR count). The summed E-state index contributed by atoms with van der Waals surface area (Å²) in [4.78, 5) is 41.0. The Kier molecular flexibility index (Phi) is 8.18. The molecule has 16 heteroatoms. The fourth-order valence-corrected chi connectivity index (χ4v) is 4.04. The van der Waals surface area contributed by atoms with Gasteiger partial charge >= 0.3 is 6.36 Å². The molecule has 0 aliphatic carbocycles. The van der Waals surface area contributed by atoms with Crippen LogP contribution < -0.4 is 26.8 Å². The third-order valence-corrected chi connectivity index (χ3v) is 5.84. The van der Waals surface area contributed by atoms with Gasteiger partial charge in [0, 0.05) is 13.2 Å². The number of carbonyl (C=O) groups is 3. The number of hydrogen-bond donors (Lipinski definition) is 4. The lowest BCUT2D eigenvalue weighted by Crippen LogP contribution is -2.22. The zero-order valence-corrected chi connectivity index (χ0v) is 20.6. The smallest absolute Gasteiger partial charge is 0.406 e. The lowest BCUT2D eigenvalue weighted by Gasteiger charge is -2.23. The monoisotopic (exact) mass is 565 g/mol. The maximum absolute atomic E-state index is 14.4. The van der Waals surface area contributed by atoms with E-state index in [9.17, 15) is 31.9 Å². The quantitative estimate of drug-likeness (QED) is 0.238. The number of amides is 3. The van der Waals surface area contributed by atoms with Gasteiger partial charge in [-0.1, -0.05) is 12.1 Å². The van der Waals surface area contributed by atoms with Crippen molar-refractivity contribution in [1.82, 2.24) is 14.8 Å². The number of primary amides is 1. The molecule has 0 bridgehead atoms. The van der Waals surface area contributed by atoms with Gasteiger partial charge in [0.15, 0.2) is 5.69 Å². The molecule has 0 radical (unpaired) electrons. The molecule has 0 unspecified atom stereocenters. The van der Waals surface area contributed by atoms with Gasteiger partial charge < -0.3 is 31.6 Å². The molecule has 212 valence electrons. The molecule has 3 aromatic rings. The van der Waals surface area contributed by atoms with E-state index >= 15 is 0 Å². The van der Waals surface area contributed by atoms with Crippen LogP contribution in [0.5, 0.6) is 5.75 Å². The highest BCUT2D eigenvalue weighted by Crippen LogP contribution is 2.28. The summed E-state index contributed by atoms with van der Waals surface area (Å²) in [5, 5.41) is 8.87. The van der Waals surface area contributed by atoms with Crippen molar-refractivity contribution in [1.29, 1.82) is 0 Å². The highest BCUT2D eigenvalue weighted by Gasteiger charge is 2.31. The summed E-state index contributed by atoms with van der Waals surface area (Å²) in [7, 11) is 0. The average molecular weight is 565 g/mol. The molecule has 0 saturated carbocycles. The zero-order valence-electron chi connectivity index (χ0n) is 20.6. The molecule has 0 spiro atoms. The Hall–Kier alpha value is -4.73. The van der Waals surface area contributed by atoms with E-state index in [1.165, 1.54) is 16.8 Å². The first-order valence-electron chi connectivity index (χ1n) is 11.8. The first-order chi connectivity index (χ1) is 18.9. The normalized spacial score (nSPS) is 14.0. The van der Waals surface area contributed by atoms with Crippen LogP contribution in [-0.4, -0.2) is 52.1 Å². The van der Waals surface area contributed by atoms with Crippen molar-refractivity contribution < 1.29 is 41.4 Å². The lowest BCUT2D eigenvalue weighted by molar-refractivity contribution is -0.274. The number of carbonyl (C=O) groups excluding carboxylic acids is 3. The number of rotatable bonds is 8. The number of nitrogens with zero attached hydrogens (tertiary/aromatic N) is 3. The van der Waals surface area contributed by atoms with E-state index in [1.807, 2.05) is 0 Å². The van der Waals surface area contributed by atoms with Crippen LogP contribution in [0.1, 0.15) is 45.3 Å². The number of alkyl halides is 3. The van der Waals surface area contributed by atoms with Crippen LogP contribution in [0.3, 0.4) is 0 Å². The largest absolute Gasteiger partial charge is 0.573 e. The molecule has 3 amide bonds. The lowest BCUT2D eigenvalue weighted by atomic mass is 10.1. The standard InChI is InChI=1S/C24H23F4N7O5/c25-20-16(33-23(38)19-18(22(30)37)21(29)35(34-19)14-5-7-39-8-6-14)10-13(11-31-20)32-17(36)9-12-1-3-15(4-2-12)40-24(26,27)28/h1-4,10-11,14H,5-9,29H2,(H2,30,37)(H,32,36)(H,33,38). The maximum Gasteiger partial charge on any atom is 0.573 e. The predicted molar refractivity (Wildman–Crippen MR) is 132 cm³/mol. The summed E-state index contributed by atoms with van der Waals surface area (Å²) in [6, 6.07) is 5.51. The number of aromatic nitrogens is 3. The molecule has 2 aromatic heterocycles. The summed E-state index contributed by atoms with van der Waals surface area (Å²) in [6.07, 6.45) is -3.01. The van der Waals surface area contributed by atoms with Crippen LogP contribution in [0.25, 0.3) is 0 Å². The van der Waals surface area contributed by atoms with E-state index in [0.717, 1.165) is 24.4 Å². The van der Waals surface area contributed by atoms with Crippen molar-refractivity contribution in [2.24, 2.45) is 5.73 Å². The number of nitrogens with one attached hydrogen (secondary N) is 2. The SMILES string of the molecule is NC(=O)c1c(C(=O)Nc2cc(NC(=O)Cc3ccc(OC(F)(F)F)cc3)cnc2F)nn(C2CCOCC2)c1N. The first-order valence-corrected chi connectivity index (χ1v) is 11.8. The summed E-state index contributed by atoms with van der Waals surface area (Å²) in [5.74, 6) is -4.24. The molecule has 40 heavy (non-hydrogen) atoms. The summed E-state index contributed by atoms with van der Waals surface area (Å²) >= 11 is 0. The first kappa shape index (κ1) is 28.3. The molecule has 12 nitrogen and oxygen atoms in total. The average Bonchev–Trinajstić information content (AvgIpc) is 3.24. The molecule has 1 aromatic carbocycles. The topological polar surface area (TPSA) is 176 Å². The van der Waals surface area contributed by atoms with Crippen molar-refractivity contribution >= 4 is 34.9 Å². The third kappa shape index (κ3) is 6.82. The highest BCUT2D eigenvalue weighted by atomic mass is 19.4. The Bertz CT molecular complexity index is 1420. The molecular weight excluding hydrogens is 542 g/mol. The Labute approximate surface area is 223 Å². The third-order valence-electron chi connectivity index (χ3n) is 5.84. The van der Waals surface area contributed by atoms with Gasteiger partial charge in [-0.15, -0.1) is 13.2 Å². The summed E-state index contributed by atoms with van der Waals surface area (Å²) in [5.41, 5.74) is 10.7. The number of benzene rings is 1. The van der Waals surface area contributed by atoms with Crippen molar-refractivity contribution in [3.8, 4) is 5.75 Å². The Morgan fingerprint density at radius 1 is 1.12 bits per heavy atom. The minimum absolute atomic E-state index is 0.00102. The van der Waals surface area contributed by atoms with Gasteiger partial charge in [-0.3, -0.25) is 14.4 Å². The minimum atomic E-state index is -4.85. The number of nitrogens with two attached hydrogens (primary N) is 2. The van der Waals surface area contributed by atoms with E-state index in [4.69, 9.17) is 16.2 Å². The molecular formula is C24H23F4N7O5. The van der Waals surface area contributed by atoms with Gasteiger partial charge in [-0.2, -0.15) is 9.49 Å². The van der Waals surface area contributed by atoms with Gasteiger partial charge in [-0.25, -0.2) is 9.67 Å². The van der Waals surface area contributed by atoms with Crippen molar-refractivity contribution in [2.75, 3.05) is 29.6 Å². The van der Waals surface area contributed by atoms with E-state index in [0.29, 0.717) is 31.6 Å². The molecule has 1 fully saturated rings. The molecule has 0 atom stereocenters. The summed E-state index contributed by atoms with van der Waals surface area (Å²) in [6.45, 7) is 0.870. The molecule has 1 aliphatic heterocycles. The van der Waals surface area contributed by atoms with Gasteiger partial charge in [0.25, 0.3) is 11.8 Å². The fourth-order valence-electron chi connectivity index (χ4n) is 4.04. The fraction of sp³-hybridized carbons (Fsp3) is 0.292. The number of hydrogen-bond acceptors (Lipinski definition) is 8. The van der Waals surface area contributed by atoms with Crippen LogP contribution in [0.15, 0.2) is 36.5 Å². The zero-order chi connectivity index (χ0) is 29.0. The summed E-state index contributed by atoms with van der Waals surface area (Å²) < 4.78 is 61.7. The number of anilines is 3. The highest BCUT2D eigenvalue weighted by molar-refractivity contribution is 6.13. The van der Waals surface area contributed by atoms with Gasteiger partial charge in [0.1, 0.15) is 17.1 Å². The Morgan fingerprint density at radius 2 is 1.80 bits per heavy atom. The second kappa shape index (κ2) is 11.6. The van der Waals surface area contributed by atoms with Crippen LogP contribution >= 0.6 is 0 Å². The van der Waals surface area contributed by atoms with Crippen molar-refractivity contribution in [3.05, 3.63) is 59.3 Å². The second-order valence-corrected chi connectivity index (χ2v) is 8.69. The van der Waals surface area contributed by atoms with Gasteiger partial charge in [0.2, 0.25) is 11.9 Å². The maximum atomic E-state index is 14.4. The van der Waals surface area contributed by atoms with Crippen LogP contribution in [0.4, 0.5) is 34.8 Å². The Morgan fingerprint density at radius 3 is 2.42 bits per heavy atom. The molecule has 1 saturated heterocycles. The van der Waals surface area contributed by atoms with Gasteiger partial charge in [-0.05, 0) is 36.6 Å². The Balaban J connectivity index is 1.46. The molecule has 6 N–H and O–H groups in total. The van der Waals surface area contributed by atoms with E-state index in [-0.39, 0.29) is 29.5 Å². The number of pyridine rings is 1. The number of halogens is 4. The van der Waals surface area contributed by atoms with Crippen molar-refractivity contribution in [3.63, 3.8) is 0 Å². The van der Waals surface area contributed by atoms with Crippen LogP contribution in [0, 0.1) is 5.95 Å². The van der Waals surface area contributed by atoms with Crippen LogP contribution in [0.2, 0.25) is 0 Å². The van der Waals surface area contributed by atoms with Gasteiger partial charge in [0.05, 0.1) is 30.0 Å². The minimum Gasteiger partial charge on any atom is -0.406 e. The van der Waals surface area contributed by atoms with Crippen molar-refractivity contribution in [2.45, 2.75) is 31.7 Å². The molecule has 1 aliphatic rings. The van der Waals surface area contributed by atoms with Crippen LogP contribution in [-0.2, 0) is 16.0 Å². The van der Waals surface area contributed by atoms with E-state index in [2.05, 4.69) is 25.5 Å². The molecule has 3 heterocycles.